The maximum atomic E-state index is 5.20. The normalized spacial score (nSPS) is 23.5. The molecular weight excluding hydrogens is 498 g/mol. The first-order chi connectivity index (χ1) is 18.9. The average molecular weight is 533 g/mol. The van der Waals surface area contributed by atoms with Crippen molar-refractivity contribution < 1.29 is 0 Å². The third-order valence-corrected chi connectivity index (χ3v) is 13.2. The van der Waals surface area contributed by atoms with E-state index in [9.17, 15) is 0 Å². The second kappa shape index (κ2) is 12.3. The van der Waals surface area contributed by atoms with Crippen LogP contribution in [-0.2, 0) is 0 Å². The van der Waals surface area contributed by atoms with Crippen molar-refractivity contribution in [2.24, 2.45) is 9.98 Å². The van der Waals surface area contributed by atoms with E-state index in [-0.39, 0.29) is 12.1 Å². The molecule has 38 heavy (non-hydrogen) atoms. The van der Waals surface area contributed by atoms with Crippen molar-refractivity contribution in [2.75, 3.05) is 12.3 Å². The summed E-state index contributed by atoms with van der Waals surface area (Å²) in [5.74, 6) is 0. The molecular formula is C34H34N2P2. The number of hydrogen-bond acceptors (Lipinski definition) is 2. The highest BCUT2D eigenvalue weighted by molar-refractivity contribution is 7.76. The predicted molar refractivity (Wildman–Crippen MR) is 169 cm³/mol. The summed E-state index contributed by atoms with van der Waals surface area (Å²) in [5.41, 5.74) is 2.55. The number of aliphatic imine (C=N–C) groups is 2. The Kier molecular flexibility index (Phi) is 8.20. The number of benzene rings is 4. The van der Waals surface area contributed by atoms with Crippen molar-refractivity contribution in [1.82, 2.24) is 0 Å². The Hall–Kier alpha value is -2.92. The van der Waals surface area contributed by atoms with Crippen LogP contribution in [0, 0.1) is 0 Å². The number of nitrogens with zero attached hydrogens (tertiary/aromatic N) is 2. The summed E-state index contributed by atoms with van der Waals surface area (Å²) in [4.78, 5) is 10.4. The second-order valence-electron chi connectivity index (χ2n) is 10.1. The molecule has 0 saturated heterocycles. The molecule has 0 spiro atoms. The average Bonchev–Trinajstić information content (AvgIpc) is 2.99. The van der Waals surface area contributed by atoms with Gasteiger partial charge in [0.05, 0.1) is 12.1 Å². The van der Waals surface area contributed by atoms with Gasteiger partial charge in [0.15, 0.2) is 0 Å². The highest BCUT2D eigenvalue weighted by atomic mass is 31.1. The van der Waals surface area contributed by atoms with Gasteiger partial charge in [0.2, 0.25) is 0 Å². The topological polar surface area (TPSA) is 24.7 Å². The fourth-order valence-corrected chi connectivity index (χ4v) is 11.3. The van der Waals surface area contributed by atoms with Crippen LogP contribution in [0.25, 0.3) is 0 Å². The highest BCUT2D eigenvalue weighted by Crippen LogP contribution is 2.42. The van der Waals surface area contributed by atoms with Gasteiger partial charge in [-0.15, -0.1) is 0 Å². The van der Waals surface area contributed by atoms with E-state index in [1.54, 1.807) is 0 Å². The lowest BCUT2D eigenvalue weighted by molar-refractivity contribution is 0.390. The summed E-state index contributed by atoms with van der Waals surface area (Å²) in [5, 5.41) is 5.79. The smallest absolute Gasteiger partial charge is 0.0723 e. The minimum absolute atomic E-state index is 0.252. The first-order valence-corrected chi connectivity index (χ1v) is 16.8. The van der Waals surface area contributed by atoms with Crippen LogP contribution in [0.4, 0.5) is 0 Å². The van der Waals surface area contributed by atoms with Crippen LogP contribution in [0.1, 0.15) is 36.8 Å². The first-order valence-electron chi connectivity index (χ1n) is 13.8. The van der Waals surface area contributed by atoms with E-state index in [0.29, 0.717) is 0 Å². The molecule has 2 aliphatic rings. The van der Waals surface area contributed by atoms with Gasteiger partial charge in [0.25, 0.3) is 0 Å². The predicted octanol–water partition coefficient (Wildman–Crippen LogP) is 6.41. The first kappa shape index (κ1) is 25.4. The van der Waals surface area contributed by atoms with E-state index in [1.165, 1.54) is 45.2 Å². The molecule has 1 aliphatic carbocycles. The summed E-state index contributed by atoms with van der Waals surface area (Å²) < 4.78 is 0. The molecule has 0 radical (unpaired) electrons. The van der Waals surface area contributed by atoms with E-state index in [2.05, 4.69) is 122 Å². The van der Waals surface area contributed by atoms with Gasteiger partial charge in [0.1, 0.15) is 0 Å². The molecule has 1 saturated carbocycles. The molecule has 1 heterocycles. The van der Waals surface area contributed by atoms with Gasteiger partial charge in [-0.2, -0.15) is 0 Å². The fourth-order valence-electron chi connectivity index (χ4n) is 5.67. The standard InChI is InChI=1S/C34H34N2P2/c1-3-15-29(16-4-1)37-23-24-38(30-17-5-2-6-18-30)34-22-12-8-14-28(34)26-36-32-20-10-9-19-31(32)35-25-27-13-7-11-21-33(27)37/h1-8,11-18,21-22,25-26,31-32H,9-10,19-20,23-24H2/t31-,32-,37?,38?/m0/s1. The molecule has 4 aromatic rings. The fraction of sp³-hybridized carbons (Fsp3) is 0.235. The van der Waals surface area contributed by atoms with Crippen LogP contribution in [0.3, 0.4) is 0 Å². The van der Waals surface area contributed by atoms with Crippen molar-refractivity contribution in [3.63, 3.8) is 0 Å². The Labute approximate surface area is 229 Å². The van der Waals surface area contributed by atoms with Gasteiger partial charge in [-0.05, 0) is 62.2 Å². The third-order valence-electron chi connectivity index (χ3n) is 7.64. The lowest BCUT2D eigenvalue weighted by Crippen LogP contribution is -2.28. The molecule has 0 bridgehead atoms. The Balaban J connectivity index is 1.51. The molecule has 2 unspecified atom stereocenters. The van der Waals surface area contributed by atoms with Crippen molar-refractivity contribution in [1.29, 1.82) is 0 Å². The quantitative estimate of drug-likeness (QED) is 0.267. The maximum Gasteiger partial charge on any atom is 0.0723 e. The summed E-state index contributed by atoms with van der Waals surface area (Å²) >= 11 is 0. The molecule has 0 aromatic heterocycles. The zero-order valence-corrected chi connectivity index (χ0v) is 23.5. The zero-order valence-electron chi connectivity index (χ0n) is 21.7. The Morgan fingerprint density at radius 1 is 0.474 bits per heavy atom. The maximum absolute atomic E-state index is 5.20. The molecule has 6 rings (SSSR count). The van der Waals surface area contributed by atoms with Gasteiger partial charge in [-0.1, -0.05) is 122 Å². The van der Waals surface area contributed by atoms with Gasteiger partial charge in [-0.25, -0.2) is 0 Å². The Morgan fingerprint density at radius 2 is 0.868 bits per heavy atom. The van der Waals surface area contributed by atoms with E-state index in [4.69, 9.17) is 9.98 Å². The van der Waals surface area contributed by atoms with E-state index in [1.807, 2.05) is 0 Å². The highest BCUT2D eigenvalue weighted by Gasteiger charge is 2.26. The van der Waals surface area contributed by atoms with E-state index in [0.717, 1.165) is 25.2 Å². The van der Waals surface area contributed by atoms with Crippen LogP contribution in [0.5, 0.6) is 0 Å². The van der Waals surface area contributed by atoms with Crippen LogP contribution >= 0.6 is 15.8 Å². The Bertz CT molecular complexity index is 1290. The van der Waals surface area contributed by atoms with E-state index < -0.39 is 15.8 Å². The third kappa shape index (κ3) is 5.73. The van der Waals surface area contributed by atoms with Crippen molar-refractivity contribution >= 4 is 49.5 Å². The van der Waals surface area contributed by atoms with Crippen molar-refractivity contribution in [3.05, 3.63) is 120 Å². The van der Waals surface area contributed by atoms with Crippen LogP contribution in [-0.4, -0.2) is 36.8 Å². The SMILES string of the molecule is C1=N[C@H]2CCCC[C@@H]2N=Cc2ccccc2P(c2ccccc2)CCP(c2ccccc2)c2ccccc21. The van der Waals surface area contributed by atoms with Crippen LogP contribution in [0.15, 0.2) is 119 Å². The summed E-state index contributed by atoms with van der Waals surface area (Å²) in [6.45, 7) is 0. The molecule has 1 aliphatic heterocycles. The van der Waals surface area contributed by atoms with Gasteiger partial charge >= 0.3 is 0 Å². The Morgan fingerprint density at radius 3 is 1.32 bits per heavy atom. The minimum Gasteiger partial charge on any atom is -0.287 e. The van der Waals surface area contributed by atoms with Crippen molar-refractivity contribution in [2.45, 2.75) is 37.8 Å². The number of hydrogen-bond donors (Lipinski definition) is 0. The number of rotatable bonds is 2. The molecule has 4 heteroatoms. The summed E-state index contributed by atoms with van der Waals surface area (Å²) in [6, 6.07) is 40.8. The lowest BCUT2D eigenvalue weighted by atomic mass is 9.91. The van der Waals surface area contributed by atoms with Crippen molar-refractivity contribution in [3.8, 4) is 0 Å². The minimum atomic E-state index is -0.525. The molecule has 4 atom stereocenters. The zero-order chi connectivity index (χ0) is 25.6. The second-order valence-corrected chi connectivity index (χ2v) is 14.7. The largest absolute Gasteiger partial charge is 0.287 e. The van der Waals surface area contributed by atoms with E-state index >= 15 is 0 Å². The van der Waals surface area contributed by atoms with Gasteiger partial charge in [0, 0.05) is 23.6 Å². The molecule has 2 nitrogen and oxygen atoms in total. The molecule has 4 aromatic carbocycles. The monoisotopic (exact) mass is 532 g/mol. The molecule has 190 valence electrons. The van der Waals surface area contributed by atoms with Gasteiger partial charge in [-0.3, -0.25) is 9.98 Å². The van der Waals surface area contributed by atoms with Crippen LogP contribution < -0.4 is 21.2 Å². The lowest BCUT2D eigenvalue weighted by Gasteiger charge is -2.28. The molecule has 1 fully saturated rings. The number of fused-ring (bicyclic) bond motifs is 3. The molecule has 0 amide bonds. The summed E-state index contributed by atoms with van der Waals surface area (Å²) in [6.07, 6.45) is 11.3. The summed E-state index contributed by atoms with van der Waals surface area (Å²) in [7, 11) is -1.05. The van der Waals surface area contributed by atoms with Gasteiger partial charge < -0.3 is 0 Å². The molecule has 0 N–H and O–H groups in total. The van der Waals surface area contributed by atoms with Crippen LogP contribution in [0.2, 0.25) is 0 Å².